The molecule has 2 fully saturated rings. The average molecular weight is 309 g/mol. The second kappa shape index (κ2) is 7.00. The second-order valence-corrected chi connectivity index (χ2v) is 5.74. The number of carbonyl (C=O) groups is 1. The van der Waals surface area contributed by atoms with Gasteiger partial charge < -0.3 is 15.7 Å². The van der Waals surface area contributed by atoms with Gasteiger partial charge >= 0.3 is 12.1 Å². The minimum Gasteiger partial charge on any atom is -0.475 e. The maximum absolute atomic E-state index is 10.6. The number of hydrogen-bond donors (Lipinski definition) is 3. The summed E-state index contributed by atoms with van der Waals surface area (Å²) in [7, 11) is 0. The number of piperidine rings is 1. The Kier molecular flexibility index (Phi) is 5.86. The van der Waals surface area contributed by atoms with E-state index in [0.717, 1.165) is 13.1 Å². The van der Waals surface area contributed by atoms with Gasteiger partial charge in [-0.1, -0.05) is 19.3 Å². The molecule has 2 rings (SSSR count). The smallest absolute Gasteiger partial charge is 0.475 e. The topological polar surface area (TPSA) is 90.4 Å². The van der Waals surface area contributed by atoms with E-state index in [-0.39, 0.29) is 5.96 Å². The molecule has 21 heavy (non-hydrogen) atoms. The molecule has 1 aliphatic heterocycles. The monoisotopic (exact) mass is 309 g/mol. The number of halogens is 3. The number of nitrogens with one attached hydrogen (secondary N) is 1. The van der Waals surface area contributed by atoms with Crippen molar-refractivity contribution in [2.75, 3.05) is 13.1 Å². The molecule has 1 saturated heterocycles. The molecule has 0 unspecified atom stereocenters. The van der Waals surface area contributed by atoms with Crippen LogP contribution in [0.25, 0.3) is 0 Å². The molecule has 8 heteroatoms. The molecule has 2 aliphatic rings. The Morgan fingerprint density at radius 3 is 1.86 bits per heavy atom. The fraction of sp³-hybridized carbons (Fsp3) is 0.846. The first-order valence-electron chi connectivity index (χ1n) is 7.05. The van der Waals surface area contributed by atoms with Crippen LogP contribution in [0, 0.1) is 10.8 Å². The van der Waals surface area contributed by atoms with Crippen molar-refractivity contribution in [1.29, 1.82) is 5.41 Å². The van der Waals surface area contributed by atoms with Crippen LogP contribution in [0.15, 0.2) is 0 Å². The van der Waals surface area contributed by atoms with Gasteiger partial charge in [-0.2, -0.15) is 13.2 Å². The van der Waals surface area contributed by atoms with Gasteiger partial charge in [0.05, 0.1) is 0 Å². The van der Waals surface area contributed by atoms with E-state index >= 15 is 0 Å². The number of aliphatic carboxylic acids is 1. The van der Waals surface area contributed by atoms with Crippen molar-refractivity contribution < 1.29 is 23.1 Å². The largest absolute Gasteiger partial charge is 0.490 e. The molecule has 0 amide bonds. The van der Waals surface area contributed by atoms with E-state index in [4.69, 9.17) is 21.0 Å². The molecule has 0 radical (unpaired) electrons. The number of alkyl halides is 3. The van der Waals surface area contributed by atoms with E-state index in [1.807, 2.05) is 4.90 Å². The van der Waals surface area contributed by atoms with Crippen LogP contribution in [0.2, 0.25) is 0 Å². The molecule has 1 heterocycles. The summed E-state index contributed by atoms with van der Waals surface area (Å²) in [6.07, 6.45) is 4.52. The third-order valence-corrected chi connectivity index (χ3v) is 4.32. The van der Waals surface area contributed by atoms with E-state index in [2.05, 4.69) is 0 Å². The van der Waals surface area contributed by atoms with E-state index in [1.54, 1.807) is 0 Å². The van der Waals surface area contributed by atoms with Gasteiger partial charge in [0.15, 0.2) is 5.96 Å². The van der Waals surface area contributed by atoms with Crippen LogP contribution in [0.4, 0.5) is 13.2 Å². The minimum atomic E-state index is -5.08. The Morgan fingerprint density at radius 1 is 1.10 bits per heavy atom. The van der Waals surface area contributed by atoms with Gasteiger partial charge in [-0.15, -0.1) is 0 Å². The van der Waals surface area contributed by atoms with Gasteiger partial charge in [0.2, 0.25) is 0 Å². The summed E-state index contributed by atoms with van der Waals surface area (Å²) < 4.78 is 31.7. The van der Waals surface area contributed by atoms with Gasteiger partial charge in [0, 0.05) is 13.1 Å². The predicted octanol–water partition coefficient (Wildman–Crippen LogP) is 2.56. The van der Waals surface area contributed by atoms with E-state index in [9.17, 15) is 13.2 Å². The van der Waals surface area contributed by atoms with Gasteiger partial charge in [0.1, 0.15) is 0 Å². The number of nitrogens with two attached hydrogens (primary N) is 1. The van der Waals surface area contributed by atoms with Gasteiger partial charge in [-0.05, 0) is 31.1 Å². The lowest BCUT2D eigenvalue weighted by molar-refractivity contribution is -0.192. The molecule has 0 aromatic rings. The summed E-state index contributed by atoms with van der Waals surface area (Å²) in [6.45, 7) is 2.02. The lowest BCUT2D eigenvalue weighted by Gasteiger charge is -2.44. The summed E-state index contributed by atoms with van der Waals surface area (Å²) >= 11 is 0. The summed E-state index contributed by atoms with van der Waals surface area (Å²) in [4.78, 5) is 10.9. The van der Waals surface area contributed by atoms with Crippen molar-refractivity contribution in [2.45, 2.75) is 51.1 Å². The molecule has 5 nitrogen and oxygen atoms in total. The SMILES string of the molecule is N=C(N)N1CCC2(CCCCC2)CC1.O=C(O)C(F)(F)F. The number of nitrogens with zero attached hydrogens (tertiary/aromatic N) is 1. The molecule has 1 spiro atoms. The standard InChI is InChI=1S/C11H21N3.C2HF3O2/c12-10(13)14-8-6-11(7-9-14)4-2-1-3-5-11;3-2(4,5)1(6)7/h1-9H2,(H3,12,13);(H,6,7). The van der Waals surface area contributed by atoms with Crippen molar-refractivity contribution in [3.63, 3.8) is 0 Å². The molecule has 122 valence electrons. The third kappa shape index (κ3) is 5.43. The highest BCUT2D eigenvalue weighted by atomic mass is 19.4. The van der Waals surface area contributed by atoms with Crippen molar-refractivity contribution >= 4 is 11.9 Å². The first kappa shape index (κ1) is 17.6. The van der Waals surface area contributed by atoms with Gasteiger partial charge in [0.25, 0.3) is 0 Å². The van der Waals surface area contributed by atoms with Crippen molar-refractivity contribution in [3.05, 3.63) is 0 Å². The Hall–Kier alpha value is -1.47. The van der Waals surface area contributed by atoms with Crippen LogP contribution < -0.4 is 5.73 Å². The van der Waals surface area contributed by atoms with Crippen molar-refractivity contribution in [2.24, 2.45) is 11.1 Å². The molecule has 0 aromatic heterocycles. The summed E-state index contributed by atoms with van der Waals surface area (Å²) in [5.74, 6) is -2.50. The fourth-order valence-electron chi connectivity index (χ4n) is 3.02. The first-order valence-corrected chi connectivity index (χ1v) is 7.05. The zero-order valence-electron chi connectivity index (χ0n) is 11.9. The third-order valence-electron chi connectivity index (χ3n) is 4.32. The molecule has 0 bridgehead atoms. The van der Waals surface area contributed by atoms with Gasteiger partial charge in [-0.3, -0.25) is 5.41 Å². The Bertz CT molecular complexity index is 369. The maximum atomic E-state index is 10.6. The van der Waals surface area contributed by atoms with E-state index < -0.39 is 12.1 Å². The van der Waals surface area contributed by atoms with Gasteiger partial charge in [-0.25, -0.2) is 4.79 Å². The molecule has 1 saturated carbocycles. The lowest BCUT2D eigenvalue weighted by Crippen LogP contribution is -2.46. The second-order valence-electron chi connectivity index (χ2n) is 5.74. The zero-order valence-corrected chi connectivity index (χ0v) is 11.9. The minimum absolute atomic E-state index is 0.260. The average Bonchev–Trinajstić information content (AvgIpc) is 2.39. The number of likely N-dealkylation sites (tertiary alicyclic amines) is 1. The summed E-state index contributed by atoms with van der Waals surface area (Å²) in [5.41, 5.74) is 6.12. The number of guanidine groups is 1. The zero-order chi connectivity index (χ0) is 16.1. The molecule has 1 aliphatic carbocycles. The Labute approximate surface area is 121 Å². The fourth-order valence-corrected chi connectivity index (χ4v) is 3.02. The van der Waals surface area contributed by atoms with E-state index in [0.29, 0.717) is 5.41 Å². The Morgan fingerprint density at radius 2 is 1.52 bits per heavy atom. The highest BCUT2D eigenvalue weighted by Crippen LogP contribution is 2.44. The highest BCUT2D eigenvalue weighted by Gasteiger charge is 2.38. The summed E-state index contributed by atoms with van der Waals surface area (Å²) in [5, 5.41) is 14.5. The molecule has 0 atom stereocenters. The maximum Gasteiger partial charge on any atom is 0.490 e. The quantitative estimate of drug-likeness (QED) is 0.474. The molecule has 0 aromatic carbocycles. The number of carboxylic acids is 1. The van der Waals surface area contributed by atoms with Crippen LogP contribution in [-0.4, -0.2) is 41.2 Å². The lowest BCUT2D eigenvalue weighted by atomic mass is 9.68. The van der Waals surface area contributed by atoms with Crippen LogP contribution in [-0.2, 0) is 4.79 Å². The van der Waals surface area contributed by atoms with Crippen molar-refractivity contribution in [1.82, 2.24) is 4.90 Å². The van der Waals surface area contributed by atoms with Crippen LogP contribution in [0.3, 0.4) is 0 Å². The van der Waals surface area contributed by atoms with Crippen LogP contribution in [0.5, 0.6) is 0 Å². The van der Waals surface area contributed by atoms with Crippen LogP contribution in [0.1, 0.15) is 44.9 Å². The number of carboxylic acid groups (broad SMARTS) is 1. The predicted molar refractivity (Wildman–Crippen MR) is 71.9 cm³/mol. The van der Waals surface area contributed by atoms with Crippen LogP contribution >= 0.6 is 0 Å². The number of rotatable bonds is 0. The van der Waals surface area contributed by atoms with Crippen molar-refractivity contribution in [3.8, 4) is 0 Å². The highest BCUT2D eigenvalue weighted by molar-refractivity contribution is 5.74. The normalized spacial score (nSPS) is 21.4. The first-order chi connectivity index (χ1) is 9.66. The molecular formula is C13H22F3N3O2. The summed E-state index contributed by atoms with van der Waals surface area (Å²) in [6, 6.07) is 0. The number of hydrogen-bond acceptors (Lipinski definition) is 2. The molecule has 4 N–H and O–H groups in total. The molecular weight excluding hydrogens is 287 g/mol. The Balaban J connectivity index is 0.000000270. The van der Waals surface area contributed by atoms with E-state index in [1.165, 1.54) is 44.9 Å².